The molecule has 0 bridgehead atoms. The molecule has 1 amide bonds. The standard InChI is InChI=1S/C22H23FN4O2S/c1-14(21(28)24-13-15-7-3-6-10-19(15)29-2)30-22-26-25-20(27(22)16-11-12-16)17-8-4-5-9-18(17)23/h3-10,14,16H,11-13H2,1-2H3,(H,24,28). The number of aromatic nitrogens is 3. The SMILES string of the molecule is COc1ccccc1CNC(=O)C(C)Sc1nnc(-c2ccccc2F)n1C1CC1. The minimum absolute atomic E-state index is 0.108. The van der Waals surface area contributed by atoms with Crippen molar-refractivity contribution in [3.63, 3.8) is 0 Å². The van der Waals surface area contributed by atoms with Gasteiger partial charge < -0.3 is 10.1 Å². The molecule has 4 rings (SSSR count). The van der Waals surface area contributed by atoms with Gasteiger partial charge in [0, 0.05) is 18.2 Å². The summed E-state index contributed by atoms with van der Waals surface area (Å²) < 4.78 is 21.6. The molecule has 1 N–H and O–H groups in total. The van der Waals surface area contributed by atoms with Gasteiger partial charge in [0.2, 0.25) is 5.91 Å². The van der Waals surface area contributed by atoms with Crippen molar-refractivity contribution in [2.45, 2.75) is 42.8 Å². The highest BCUT2D eigenvalue weighted by atomic mass is 32.2. The van der Waals surface area contributed by atoms with Crippen molar-refractivity contribution < 1.29 is 13.9 Å². The third-order valence-electron chi connectivity index (χ3n) is 4.99. The van der Waals surface area contributed by atoms with Gasteiger partial charge in [0.15, 0.2) is 11.0 Å². The number of thioether (sulfide) groups is 1. The molecule has 0 aliphatic heterocycles. The summed E-state index contributed by atoms with van der Waals surface area (Å²) in [5, 5.41) is 11.7. The van der Waals surface area contributed by atoms with E-state index in [-0.39, 0.29) is 23.0 Å². The molecular weight excluding hydrogens is 403 g/mol. The largest absolute Gasteiger partial charge is 0.496 e. The van der Waals surface area contributed by atoms with Crippen LogP contribution in [0.4, 0.5) is 4.39 Å². The Balaban J connectivity index is 1.47. The molecule has 30 heavy (non-hydrogen) atoms. The number of benzene rings is 2. The number of ether oxygens (including phenoxy) is 1. The molecule has 1 fully saturated rings. The highest BCUT2D eigenvalue weighted by Gasteiger charge is 2.32. The first-order chi connectivity index (χ1) is 14.6. The molecule has 1 aromatic heterocycles. The van der Waals surface area contributed by atoms with Crippen LogP contribution in [-0.2, 0) is 11.3 Å². The Morgan fingerprint density at radius 2 is 1.97 bits per heavy atom. The maximum Gasteiger partial charge on any atom is 0.233 e. The Kier molecular flexibility index (Phi) is 6.03. The summed E-state index contributed by atoms with van der Waals surface area (Å²) in [6, 6.07) is 14.4. The number of carbonyl (C=O) groups excluding carboxylic acids is 1. The normalized spacial score (nSPS) is 14.4. The molecule has 1 saturated carbocycles. The molecule has 1 unspecified atom stereocenters. The number of methoxy groups -OCH3 is 1. The van der Waals surface area contributed by atoms with Gasteiger partial charge in [-0.3, -0.25) is 9.36 Å². The van der Waals surface area contributed by atoms with Gasteiger partial charge in [-0.25, -0.2) is 4.39 Å². The molecule has 0 saturated heterocycles. The predicted octanol–water partition coefficient (Wildman–Crippen LogP) is 4.22. The predicted molar refractivity (Wildman–Crippen MR) is 114 cm³/mol. The quantitative estimate of drug-likeness (QED) is 0.546. The van der Waals surface area contributed by atoms with Crippen LogP contribution in [0.3, 0.4) is 0 Å². The smallest absolute Gasteiger partial charge is 0.233 e. The number of halogens is 1. The summed E-state index contributed by atoms with van der Waals surface area (Å²) in [5.41, 5.74) is 1.34. The van der Waals surface area contributed by atoms with Gasteiger partial charge in [-0.05, 0) is 38.0 Å². The first-order valence-corrected chi connectivity index (χ1v) is 10.7. The van der Waals surface area contributed by atoms with Gasteiger partial charge in [-0.1, -0.05) is 42.1 Å². The Morgan fingerprint density at radius 3 is 2.70 bits per heavy atom. The molecule has 6 nitrogen and oxygen atoms in total. The van der Waals surface area contributed by atoms with E-state index in [1.165, 1.54) is 17.8 Å². The Labute approximate surface area is 178 Å². The van der Waals surface area contributed by atoms with Crippen molar-refractivity contribution in [3.8, 4) is 17.1 Å². The van der Waals surface area contributed by atoms with E-state index in [4.69, 9.17) is 4.74 Å². The fourth-order valence-electron chi connectivity index (χ4n) is 3.23. The van der Waals surface area contributed by atoms with Crippen LogP contribution < -0.4 is 10.1 Å². The van der Waals surface area contributed by atoms with Crippen molar-refractivity contribution >= 4 is 17.7 Å². The van der Waals surface area contributed by atoms with Gasteiger partial charge in [0.05, 0.1) is 17.9 Å². The van der Waals surface area contributed by atoms with E-state index in [0.717, 1.165) is 24.2 Å². The van der Waals surface area contributed by atoms with Gasteiger partial charge in [0.1, 0.15) is 11.6 Å². The molecule has 1 atom stereocenters. The van der Waals surface area contributed by atoms with Gasteiger partial charge >= 0.3 is 0 Å². The number of rotatable bonds is 8. The van der Waals surface area contributed by atoms with Crippen LogP contribution in [0.1, 0.15) is 31.4 Å². The Morgan fingerprint density at radius 1 is 1.23 bits per heavy atom. The summed E-state index contributed by atoms with van der Waals surface area (Å²) in [5.74, 6) is 0.815. The summed E-state index contributed by atoms with van der Waals surface area (Å²) in [4.78, 5) is 12.7. The van der Waals surface area contributed by atoms with Gasteiger partial charge in [-0.15, -0.1) is 10.2 Å². The summed E-state index contributed by atoms with van der Waals surface area (Å²) in [6.07, 6.45) is 2.00. The molecule has 1 aliphatic rings. The number of amides is 1. The van der Waals surface area contributed by atoms with Crippen LogP contribution in [0.2, 0.25) is 0 Å². The van der Waals surface area contributed by atoms with Crippen molar-refractivity contribution in [2.75, 3.05) is 7.11 Å². The minimum Gasteiger partial charge on any atom is -0.496 e. The van der Waals surface area contributed by atoms with Crippen molar-refractivity contribution in [2.24, 2.45) is 0 Å². The maximum atomic E-state index is 14.3. The molecule has 0 spiro atoms. The molecule has 0 radical (unpaired) electrons. The highest BCUT2D eigenvalue weighted by molar-refractivity contribution is 8.00. The Hall–Kier alpha value is -2.87. The minimum atomic E-state index is -0.380. The van der Waals surface area contributed by atoms with Gasteiger partial charge in [-0.2, -0.15) is 0 Å². The number of carbonyl (C=O) groups is 1. The topological polar surface area (TPSA) is 69.0 Å². The fraction of sp³-hybridized carbons (Fsp3) is 0.318. The van der Waals surface area contributed by atoms with Gasteiger partial charge in [0.25, 0.3) is 0 Å². The lowest BCUT2D eigenvalue weighted by Gasteiger charge is -2.14. The third-order valence-corrected chi connectivity index (χ3v) is 6.05. The Bertz CT molecular complexity index is 1050. The average molecular weight is 427 g/mol. The molecule has 1 heterocycles. The number of nitrogens with zero attached hydrogens (tertiary/aromatic N) is 3. The van der Waals surface area contributed by atoms with Crippen molar-refractivity contribution in [3.05, 3.63) is 59.9 Å². The first-order valence-electron chi connectivity index (χ1n) is 9.84. The van der Waals surface area contributed by atoms with Crippen LogP contribution in [-0.4, -0.2) is 33.0 Å². The van der Waals surface area contributed by atoms with E-state index in [9.17, 15) is 9.18 Å². The molecule has 2 aromatic carbocycles. The van der Waals surface area contributed by atoms with Crippen LogP contribution in [0.25, 0.3) is 11.4 Å². The molecule has 1 aliphatic carbocycles. The van der Waals surface area contributed by atoms with Crippen LogP contribution in [0.15, 0.2) is 53.7 Å². The lowest BCUT2D eigenvalue weighted by Crippen LogP contribution is -2.30. The van der Waals surface area contributed by atoms with Crippen molar-refractivity contribution in [1.29, 1.82) is 0 Å². The number of para-hydroxylation sites is 1. The highest BCUT2D eigenvalue weighted by Crippen LogP contribution is 2.42. The fourth-order valence-corrected chi connectivity index (χ4v) is 4.18. The second-order valence-corrected chi connectivity index (χ2v) is 8.48. The van der Waals surface area contributed by atoms with E-state index >= 15 is 0 Å². The third kappa shape index (κ3) is 4.33. The summed E-state index contributed by atoms with van der Waals surface area (Å²) >= 11 is 1.34. The summed E-state index contributed by atoms with van der Waals surface area (Å²) in [6.45, 7) is 2.21. The number of hydrogen-bond donors (Lipinski definition) is 1. The zero-order chi connectivity index (χ0) is 21.1. The second kappa shape index (κ2) is 8.87. The molecular formula is C22H23FN4O2S. The first kappa shape index (κ1) is 20.4. The van der Waals surface area contributed by atoms with E-state index in [1.54, 1.807) is 25.3 Å². The molecule has 3 aromatic rings. The van der Waals surface area contributed by atoms with Crippen LogP contribution >= 0.6 is 11.8 Å². The second-order valence-electron chi connectivity index (χ2n) is 7.18. The molecule has 156 valence electrons. The molecule has 8 heteroatoms. The lowest BCUT2D eigenvalue weighted by molar-refractivity contribution is -0.120. The zero-order valence-corrected chi connectivity index (χ0v) is 17.7. The lowest BCUT2D eigenvalue weighted by atomic mass is 10.2. The van der Waals surface area contributed by atoms with Crippen molar-refractivity contribution in [1.82, 2.24) is 20.1 Å². The maximum absolute atomic E-state index is 14.3. The number of hydrogen-bond acceptors (Lipinski definition) is 5. The van der Waals surface area contributed by atoms with E-state index < -0.39 is 0 Å². The van der Waals surface area contributed by atoms with Crippen LogP contribution in [0.5, 0.6) is 5.75 Å². The van der Waals surface area contributed by atoms with E-state index in [0.29, 0.717) is 23.1 Å². The monoisotopic (exact) mass is 426 g/mol. The van der Waals surface area contributed by atoms with Crippen LogP contribution in [0, 0.1) is 5.82 Å². The average Bonchev–Trinajstić information content (AvgIpc) is 3.52. The zero-order valence-electron chi connectivity index (χ0n) is 16.8. The number of nitrogens with one attached hydrogen (secondary N) is 1. The van der Waals surface area contributed by atoms with E-state index in [1.807, 2.05) is 35.8 Å². The van der Waals surface area contributed by atoms with E-state index in [2.05, 4.69) is 15.5 Å². The summed E-state index contributed by atoms with van der Waals surface area (Å²) in [7, 11) is 1.61.